The standard InChI is InChI=1S/C16H26N2O/c1-3-19-10-9-18(2)16(12-17)15-6-4-5-14(11-15)13-7-8-13/h4-6,11,13,16H,3,7-10,12,17H2,1-2H3. The zero-order chi connectivity index (χ0) is 13.7. The summed E-state index contributed by atoms with van der Waals surface area (Å²) in [6.45, 7) is 5.14. The van der Waals surface area contributed by atoms with E-state index >= 15 is 0 Å². The highest BCUT2D eigenvalue weighted by Crippen LogP contribution is 2.40. The molecule has 3 heteroatoms. The Bertz CT molecular complexity index is 390. The van der Waals surface area contributed by atoms with Gasteiger partial charge >= 0.3 is 0 Å². The van der Waals surface area contributed by atoms with E-state index in [1.54, 1.807) is 0 Å². The Morgan fingerprint density at radius 3 is 2.84 bits per heavy atom. The molecule has 2 N–H and O–H groups in total. The molecule has 0 aliphatic heterocycles. The van der Waals surface area contributed by atoms with Crippen molar-refractivity contribution < 1.29 is 4.74 Å². The van der Waals surface area contributed by atoms with Gasteiger partial charge < -0.3 is 10.5 Å². The van der Waals surface area contributed by atoms with Crippen LogP contribution < -0.4 is 5.73 Å². The zero-order valence-electron chi connectivity index (χ0n) is 12.1. The van der Waals surface area contributed by atoms with Crippen molar-refractivity contribution in [2.45, 2.75) is 31.7 Å². The smallest absolute Gasteiger partial charge is 0.0593 e. The predicted molar refractivity (Wildman–Crippen MR) is 79.3 cm³/mol. The largest absolute Gasteiger partial charge is 0.380 e. The van der Waals surface area contributed by atoms with Crippen LogP contribution in [0.5, 0.6) is 0 Å². The van der Waals surface area contributed by atoms with Crippen LogP contribution >= 0.6 is 0 Å². The molecule has 0 amide bonds. The van der Waals surface area contributed by atoms with Crippen molar-refractivity contribution in [3.8, 4) is 0 Å². The van der Waals surface area contributed by atoms with Crippen LogP contribution in [0.1, 0.15) is 42.9 Å². The molecule has 2 rings (SSSR count). The van der Waals surface area contributed by atoms with Crippen LogP contribution in [-0.2, 0) is 4.74 Å². The molecule has 1 fully saturated rings. The molecule has 1 aromatic rings. The van der Waals surface area contributed by atoms with Gasteiger partial charge in [-0.15, -0.1) is 0 Å². The van der Waals surface area contributed by atoms with Crippen LogP contribution in [0.15, 0.2) is 24.3 Å². The van der Waals surface area contributed by atoms with Gasteiger partial charge in [-0.2, -0.15) is 0 Å². The lowest BCUT2D eigenvalue weighted by Crippen LogP contribution is -2.33. The van der Waals surface area contributed by atoms with Gasteiger partial charge in [0.2, 0.25) is 0 Å². The summed E-state index contributed by atoms with van der Waals surface area (Å²) in [5.74, 6) is 0.798. The number of nitrogens with two attached hydrogens (primary N) is 1. The SMILES string of the molecule is CCOCCN(C)C(CN)c1cccc(C2CC2)c1. The van der Waals surface area contributed by atoms with Crippen molar-refractivity contribution in [2.75, 3.05) is 33.4 Å². The molecule has 1 aliphatic carbocycles. The van der Waals surface area contributed by atoms with Gasteiger partial charge in [-0.05, 0) is 43.9 Å². The highest BCUT2D eigenvalue weighted by molar-refractivity contribution is 5.31. The van der Waals surface area contributed by atoms with Crippen molar-refractivity contribution in [1.82, 2.24) is 4.90 Å². The molecule has 0 radical (unpaired) electrons. The van der Waals surface area contributed by atoms with E-state index in [-0.39, 0.29) is 0 Å². The minimum Gasteiger partial charge on any atom is -0.380 e. The average molecular weight is 262 g/mol. The Hall–Kier alpha value is -0.900. The lowest BCUT2D eigenvalue weighted by Gasteiger charge is -2.27. The van der Waals surface area contributed by atoms with Crippen LogP contribution in [0.25, 0.3) is 0 Å². The number of hydrogen-bond donors (Lipinski definition) is 1. The molecule has 1 unspecified atom stereocenters. The number of hydrogen-bond acceptors (Lipinski definition) is 3. The predicted octanol–water partition coefficient (Wildman–Crippen LogP) is 2.53. The molecule has 0 spiro atoms. The van der Waals surface area contributed by atoms with Crippen LogP contribution in [0, 0.1) is 0 Å². The highest BCUT2D eigenvalue weighted by atomic mass is 16.5. The summed E-state index contributed by atoms with van der Waals surface area (Å²) < 4.78 is 5.42. The molecule has 1 aliphatic rings. The Kier molecular flexibility index (Phi) is 5.37. The van der Waals surface area contributed by atoms with E-state index in [9.17, 15) is 0 Å². The topological polar surface area (TPSA) is 38.5 Å². The second-order valence-corrected chi connectivity index (χ2v) is 5.37. The van der Waals surface area contributed by atoms with Crippen LogP contribution in [0.3, 0.4) is 0 Å². The quantitative estimate of drug-likeness (QED) is 0.732. The van der Waals surface area contributed by atoms with Crippen molar-refractivity contribution >= 4 is 0 Å². The second-order valence-electron chi connectivity index (χ2n) is 5.37. The van der Waals surface area contributed by atoms with Gasteiger partial charge in [0.15, 0.2) is 0 Å². The first kappa shape index (κ1) is 14.5. The van der Waals surface area contributed by atoms with Crippen molar-refractivity contribution in [2.24, 2.45) is 5.73 Å². The minimum atomic E-state index is 0.291. The van der Waals surface area contributed by atoms with Gasteiger partial charge in [-0.1, -0.05) is 24.3 Å². The maximum atomic E-state index is 5.97. The highest BCUT2D eigenvalue weighted by Gasteiger charge is 2.24. The molecule has 0 saturated heterocycles. The van der Waals surface area contributed by atoms with E-state index in [1.807, 2.05) is 6.92 Å². The van der Waals surface area contributed by atoms with Gasteiger partial charge in [0, 0.05) is 25.7 Å². The molecule has 19 heavy (non-hydrogen) atoms. The number of benzene rings is 1. The van der Waals surface area contributed by atoms with Crippen LogP contribution in [-0.4, -0.2) is 38.3 Å². The molecule has 3 nitrogen and oxygen atoms in total. The Balaban J connectivity index is 2.01. The van der Waals surface area contributed by atoms with E-state index in [2.05, 4.69) is 36.2 Å². The lowest BCUT2D eigenvalue weighted by molar-refractivity contribution is 0.108. The number of rotatable bonds is 8. The van der Waals surface area contributed by atoms with E-state index in [0.29, 0.717) is 12.6 Å². The fourth-order valence-electron chi connectivity index (χ4n) is 2.52. The van der Waals surface area contributed by atoms with E-state index in [0.717, 1.165) is 25.7 Å². The molecular weight excluding hydrogens is 236 g/mol. The number of nitrogens with zero attached hydrogens (tertiary/aromatic N) is 1. The monoisotopic (exact) mass is 262 g/mol. The molecule has 106 valence electrons. The van der Waals surface area contributed by atoms with E-state index in [4.69, 9.17) is 10.5 Å². The Labute approximate surface area is 116 Å². The van der Waals surface area contributed by atoms with Gasteiger partial charge in [0.25, 0.3) is 0 Å². The molecule has 0 aromatic heterocycles. The third-order valence-corrected chi connectivity index (χ3v) is 3.89. The van der Waals surface area contributed by atoms with Gasteiger partial charge in [0.1, 0.15) is 0 Å². The fraction of sp³-hybridized carbons (Fsp3) is 0.625. The minimum absolute atomic E-state index is 0.291. The third kappa shape index (κ3) is 4.03. The number of ether oxygens (including phenoxy) is 1. The maximum Gasteiger partial charge on any atom is 0.0593 e. The third-order valence-electron chi connectivity index (χ3n) is 3.89. The first-order valence-electron chi connectivity index (χ1n) is 7.34. The normalized spacial score (nSPS) is 16.8. The summed E-state index contributed by atoms with van der Waals surface area (Å²) in [7, 11) is 2.13. The average Bonchev–Trinajstić information content (AvgIpc) is 3.25. The first-order chi connectivity index (χ1) is 9.26. The first-order valence-corrected chi connectivity index (χ1v) is 7.34. The molecular formula is C16H26N2O. The molecule has 0 heterocycles. The Morgan fingerprint density at radius 2 is 2.21 bits per heavy atom. The van der Waals surface area contributed by atoms with Gasteiger partial charge in [-0.3, -0.25) is 4.90 Å². The van der Waals surface area contributed by atoms with Crippen molar-refractivity contribution in [3.05, 3.63) is 35.4 Å². The Morgan fingerprint density at radius 1 is 1.42 bits per heavy atom. The molecule has 1 aromatic carbocycles. The van der Waals surface area contributed by atoms with Crippen LogP contribution in [0.2, 0.25) is 0 Å². The van der Waals surface area contributed by atoms with Gasteiger partial charge in [0.05, 0.1) is 6.61 Å². The summed E-state index contributed by atoms with van der Waals surface area (Å²) >= 11 is 0. The summed E-state index contributed by atoms with van der Waals surface area (Å²) in [5, 5.41) is 0. The zero-order valence-corrected chi connectivity index (χ0v) is 12.1. The second kappa shape index (κ2) is 7.04. The molecule has 1 saturated carbocycles. The molecule has 0 bridgehead atoms. The summed E-state index contributed by atoms with van der Waals surface area (Å²) in [6, 6.07) is 9.24. The molecule has 1 atom stereocenters. The summed E-state index contributed by atoms with van der Waals surface area (Å²) in [5.41, 5.74) is 8.79. The van der Waals surface area contributed by atoms with Crippen molar-refractivity contribution in [1.29, 1.82) is 0 Å². The van der Waals surface area contributed by atoms with Crippen molar-refractivity contribution in [3.63, 3.8) is 0 Å². The number of likely N-dealkylation sites (N-methyl/N-ethyl adjacent to an activating group) is 1. The van der Waals surface area contributed by atoms with Crippen LogP contribution in [0.4, 0.5) is 0 Å². The van der Waals surface area contributed by atoms with Gasteiger partial charge in [-0.25, -0.2) is 0 Å². The summed E-state index contributed by atoms with van der Waals surface area (Å²) in [4.78, 5) is 2.29. The van der Waals surface area contributed by atoms with E-state index < -0.39 is 0 Å². The maximum absolute atomic E-state index is 5.97. The van der Waals surface area contributed by atoms with E-state index in [1.165, 1.54) is 24.0 Å². The lowest BCUT2D eigenvalue weighted by atomic mass is 10.0. The fourth-order valence-corrected chi connectivity index (χ4v) is 2.52. The summed E-state index contributed by atoms with van der Waals surface area (Å²) in [6.07, 6.45) is 2.69.